The van der Waals surface area contributed by atoms with Gasteiger partial charge in [0.2, 0.25) is 0 Å². The first-order chi connectivity index (χ1) is 6.74. The van der Waals surface area contributed by atoms with Crippen LogP contribution in [0.25, 0.3) is 10.1 Å². The molecule has 0 amide bonds. The number of hydrogen-bond acceptors (Lipinski definition) is 2. The number of rotatable bonds is 1. The second-order valence-electron chi connectivity index (χ2n) is 2.83. The average molecular weight is 334 g/mol. The van der Waals surface area contributed by atoms with Gasteiger partial charge in [-0.25, -0.2) is 0 Å². The fraction of sp³-hybridized carbons (Fsp3) is 0.100. The van der Waals surface area contributed by atoms with E-state index in [1.807, 2.05) is 17.5 Å². The Morgan fingerprint density at radius 2 is 2.29 bits per heavy atom. The molecule has 0 aliphatic rings. The van der Waals surface area contributed by atoms with Gasteiger partial charge in [-0.1, -0.05) is 17.7 Å². The van der Waals surface area contributed by atoms with E-state index in [0.29, 0.717) is 6.42 Å². The molecule has 0 saturated carbocycles. The molecule has 0 unspecified atom stereocenters. The average Bonchev–Trinajstić information content (AvgIpc) is 2.57. The topological polar surface area (TPSA) is 23.8 Å². The van der Waals surface area contributed by atoms with Gasteiger partial charge < -0.3 is 0 Å². The van der Waals surface area contributed by atoms with E-state index in [4.69, 9.17) is 16.9 Å². The van der Waals surface area contributed by atoms with Gasteiger partial charge in [-0.2, -0.15) is 5.26 Å². The lowest BCUT2D eigenvalue weighted by atomic mass is 10.1. The third-order valence-electron chi connectivity index (χ3n) is 1.98. The molecule has 0 aliphatic heterocycles. The molecule has 14 heavy (non-hydrogen) atoms. The number of nitrogens with zero attached hydrogens (tertiary/aromatic N) is 1. The molecule has 1 nitrogen and oxygen atoms in total. The van der Waals surface area contributed by atoms with E-state index < -0.39 is 0 Å². The van der Waals surface area contributed by atoms with Crippen molar-refractivity contribution in [3.05, 3.63) is 31.7 Å². The summed E-state index contributed by atoms with van der Waals surface area (Å²) in [5.74, 6) is 0. The van der Waals surface area contributed by atoms with Crippen LogP contribution in [-0.4, -0.2) is 0 Å². The highest BCUT2D eigenvalue weighted by atomic mass is 127. The van der Waals surface area contributed by atoms with E-state index in [-0.39, 0.29) is 0 Å². The zero-order valence-corrected chi connectivity index (χ0v) is 10.8. The lowest BCUT2D eigenvalue weighted by molar-refractivity contribution is 1.30. The van der Waals surface area contributed by atoms with Crippen molar-refractivity contribution in [3.63, 3.8) is 0 Å². The molecule has 4 heteroatoms. The highest BCUT2D eigenvalue weighted by Crippen LogP contribution is 2.34. The van der Waals surface area contributed by atoms with Crippen LogP contribution < -0.4 is 0 Å². The number of halogens is 2. The van der Waals surface area contributed by atoms with Crippen LogP contribution in [0, 0.1) is 14.9 Å². The van der Waals surface area contributed by atoms with E-state index in [0.717, 1.165) is 19.5 Å². The van der Waals surface area contributed by atoms with Crippen molar-refractivity contribution in [1.29, 1.82) is 5.26 Å². The summed E-state index contributed by atoms with van der Waals surface area (Å²) in [6.45, 7) is 0. The summed E-state index contributed by atoms with van der Waals surface area (Å²) in [6, 6.07) is 6.04. The molecule has 1 aromatic heterocycles. The summed E-state index contributed by atoms with van der Waals surface area (Å²) in [4.78, 5) is 0. The summed E-state index contributed by atoms with van der Waals surface area (Å²) in [7, 11) is 0. The minimum atomic E-state index is 0.470. The Bertz CT molecular complexity index is 527. The highest BCUT2D eigenvalue weighted by molar-refractivity contribution is 14.1. The van der Waals surface area contributed by atoms with Gasteiger partial charge in [0.25, 0.3) is 0 Å². The van der Waals surface area contributed by atoms with Gasteiger partial charge in [-0.15, -0.1) is 11.3 Å². The molecule has 0 spiro atoms. The van der Waals surface area contributed by atoms with Crippen LogP contribution in [-0.2, 0) is 6.42 Å². The van der Waals surface area contributed by atoms with Crippen molar-refractivity contribution in [3.8, 4) is 6.07 Å². The van der Waals surface area contributed by atoms with Crippen LogP contribution in [0.4, 0.5) is 0 Å². The smallest absolute Gasteiger partial charge is 0.0670 e. The van der Waals surface area contributed by atoms with Crippen molar-refractivity contribution < 1.29 is 0 Å². The normalized spacial score (nSPS) is 10.4. The van der Waals surface area contributed by atoms with Crippen molar-refractivity contribution >= 4 is 55.6 Å². The van der Waals surface area contributed by atoms with Gasteiger partial charge in [0, 0.05) is 8.27 Å². The molecule has 0 saturated heterocycles. The molecule has 0 bridgehead atoms. The van der Waals surface area contributed by atoms with Crippen molar-refractivity contribution in [1.82, 2.24) is 0 Å². The SMILES string of the molecule is N#CCc1csc2c(I)c(Cl)ccc12. The fourth-order valence-corrected chi connectivity index (χ4v) is 3.39. The number of thiophene rings is 1. The lowest BCUT2D eigenvalue weighted by Crippen LogP contribution is -1.79. The van der Waals surface area contributed by atoms with Crippen molar-refractivity contribution in [2.24, 2.45) is 0 Å². The third-order valence-corrected chi connectivity index (χ3v) is 5.17. The Kier molecular flexibility index (Phi) is 2.96. The minimum absolute atomic E-state index is 0.470. The van der Waals surface area contributed by atoms with E-state index in [1.54, 1.807) is 11.3 Å². The van der Waals surface area contributed by atoms with Crippen molar-refractivity contribution in [2.75, 3.05) is 0 Å². The lowest BCUT2D eigenvalue weighted by Gasteiger charge is -1.97. The Balaban J connectivity index is 2.72. The predicted molar refractivity (Wildman–Crippen MR) is 68.9 cm³/mol. The van der Waals surface area contributed by atoms with Crippen LogP contribution in [0.3, 0.4) is 0 Å². The standard InChI is InChI=1S/C10H5ClINS/c11-8-2-1-7-6(3-4-13)5-14-10(7)9(8)12/h1-2,5H,3H2. The number of hydrogen-bond donors (Lipinski definition) is 0. The zero-order valence-electron chi connectivity index (χ0n) is 7.05. The number of benzene rings is 1. The van der Waals surface area contributed by atoms with Gasteiger partial charge in [0.1, 0.15) is 0 Å². The van der Waals surface area contributed by atoms with E-state index in [1.165, 1.54) is 4.70 Å². The molecule has 2 aromatic rings. The quantitative estimate of drug-likeness (QED) is 0.717. The summed E-state index contributed by atoms with van der Waals surface area (Å²) >= 11 is 9.90. The van der Waals surface area contributed by atoms with Gasteiger partial charge in [0.15, 0.2) is 0 Å². The van der Waals surface area contributed by atoms with Crippen LogP contribution in [0.5, 0.6) is 0 Å². The van der Waals surface area contributed by atoms with E-state index in [9.17, 15) is 0 Å². The molecule has 0 atom stereocenters. The van der Waals surface area contributed by atoms with Crippen molar-refractivity contribution in [2.45, 2.75) is 6.42 Å². The summed E-state index contributed by atoms with van der Waals surface area (Å²) in [5, 5.41) is 12.6. The van der Waals surface area contributed by atoms with Gasteiger partial charge in [-0.05, 0) is 45.0 Å². The largest absolute Gasteiger partial charge is 0.198 e. The Morgan fingerprint density at radius 1 is 1.50 bits per heavy atom. The molecule has 70 valence electrons. The molecule has 2 rings (SSSR count). The van der Waals surface area contributed by atoms with Crippen LogP contribution >= 0.6 is 45.5 Å². The monoisotopic (exact) mass is 333 g/mol. The van der Waals surface area contributed by atoms with Gasteiger partial charge in [0.05, 0.1) is 17.5 Å². The Morgan fingerprint density at radius 3 is 3.00 bits per heavy atom. The zero-order chi connectivity index (χ0) is 10.1. The molecule has 0 radical (unpaired) electrons. The van der Waals surface area contributed by atoms with Crippen LogP contribution in [0.1, 0.15) is 5.56 Å². The highest BCUT2D eigenvalue weighted by Gasteiger charge is 2.08. The number of nitriles is 1. The molecular formula is C10H5ClINS. The maximum Gasteiger partial charge on any atom is 0.0670 e. The summed E-state index contributed by atoms with van der Waals surface area (Å²) in [6.07, 6.45) is 0.470. The molecule has 1 heterocycles. The molecular weight excluding hydrogens is 329 g/mol. The number of fused-ring (bicyclic) bond motifs is 1. The molecule has 0 aliphatic carbocycles. The first-order valence-corrected chi connectivity index (χ1v) is 6.28. The van der Waals surface area contributed by atoms with Crippen LogP contribution in [0.15, 0.2) is 17.5 Å². The van der Waals surface area contributed by atoms with E-state index in [2.05, 4.69) is 28.7 Å². The third kappa shape index (κ3) is 1.62. The predicted octanol–water partition coefficient (Wildman–Crippen LogP) is 4.23. The second-order valence-corrected chi connectivity index (χ2v) is 5.20. The summed E-state index contributed by atoms with van der Waals surface area (Å²) in [5.41, 5.74) is 1.10. The first kappa shape index (κ1) is 10.2. The van der Waals surface area contributed by atoms with E-state index >= 15 is 0 Å². The Hall–Kier alpha value is -0.310. The molecule has 0 fully saturated rings. The molecule has 0 N–H and O–H groups in total. The maximum atomic E-state index is 8.65. The maximum absolute atomic E-state index is 8.65. The summed E-state index contributed by atoms with van der Waals surface area (Å²) < 4.78 is 2.26. The fourth-order valence-electron chi connectivity index (χ4n) is 1.32. The molecule has 1 aromatic carbocycles. The van der Waals surface area contributed by atoms with Crippen LogP contribution in [0.2, 0.25) is 5.02 Å². The Labute approximate surface area is 104 Å². The van der Waals surface area contributed by atoms with Gasteiger partial charge >= 0.3 is 0 Å². The second kappa shape index (κ2) is 4.05. The minimum Gasteiger partial charge on any atom is -0.198 e. The van der Waals surface area contributed by atoms with Gasteiger partial charge in [-0.3, -0.25) is 0 Å². The first-order valence-electron chi connectivity index (χ1n) is 3.95.